The fourth-order valence-electron chi connectivity index (χ4n) is 5.20. The van der Waals surface area contributed by atoms with Crippen LogP contribution in [0, 0.1) is 6.92 Å². The lowest BCUT2D eigenvalue weighted by Crippen LogP contribution is -2.20. The molecule has 0 radical (unpaired) electrons. The van der Waals surface area contributed by atoms with Crippen LogP contribution in [0.1, 0.15) is 5.56 Å². The Morgan fingerprint density at radius 2 is 1.80 bits per heavy atom. The van der Waals surface area contributed by atoms with Gasteiger partial charge in [-0.1, -0.05) is 36.4 Å². The van der Waals surface area contributed by atoms with Gasteiger partial charge in [-0.15, -0.1) is 0 Å². The van der Waals surface area contributed by atoms with Crippen LogP contribution in [0.3, 0.4) is 0 Å². The van der Waals surface area contributed by atoms with Gasteiger partial charge in [-0.3, -0.25) is 18.6 Å². The molecule has 3 heterocycles. The number of hydrogen-bond donors (Lipinski definition) is 3. The number of nitrogens with two attached hydrogens (primary N) is 1. The summed E-state index contributed by atoms with van der Waals surface area (Å²) >= 11 is 0. The molecular weight excluding hydrogens is 508 g/mol. The first-order valence-corrected chi connectivity index (χ1v) is 12.7. The number of primary amides is 1. The summed E-state index contributed by atoms with van der Waals surface area (Å²) < 4.78 is 4.49. The molecule has 4 N–H and O–H groups in total. The van der Waals surface area contributed by atoms with Crippen LogP contribution in [0.5, 0.6) is 0 Å². The number of aliphatic hydroxyl groups excluding tert-OH is 2. The Labute approximate surface area is 228 Å². The maximum Gasteiger partial charge on any atom is 0.323 e. The summed E-state index contributed by atoms with van der Waals surface area (Å²) in [5, 5.41) is 24.6. The number of hydrogen-bond acceptors (Lipinski definition) is 6. The van der Waals surface area contributed by atoms with E-state index in [1.807, 2.05) is 67.6 Å². The van der Waals surface area contributed by atoms with Crippen molar-refractivity contribution in [1.82, 2.24) is 23.9 Å². The maximum atomic E-state index is 13.3. The number of carbonyl (C=O) groups excluding carboxylic acids is 1. The average Bonchev–Trinajstić information content (AvgIpc) is 3.58. The van der Waals surface area contributed by atoms with Crippen LogP contribution in [0.2, 0.25) is 0 Å². The molecule has 0 saturated carbocycles. The summed E-state index contributed by atoms with van der Waals surface area (Å²) in [5.74, 6) is 0. The highest BCUT2D eigenvalue weighted by Crippen LogP contribution is 2.37. The van der Waals surface area contributed by atoms with Crippen LogP contribution < -0.4 is 11.3 Å². The Bertz CT molecular complexity index is 1970. The van der Waals surface area contributed by atoms with E-state index in [0.717, 1.165) is 22.1 Å². The molecule has 6 rings (SSSR count). The Morgan fingerprint density at radius 1 is 1.02 bits per heavy atom. The Balaban J connectivity index is 1.51. The lowest BCUT2D eigenvalue weighted by Gasteiger charge is -2.14. The van der Waals surface area contributed by atoms with E-state index in [-0.39, 0.29) is 18.7 Å². The fraction of sp³-hybridized carbons (Fsp3) is 0.133. The van der Waals surface area contributed by atoms with Gasteiger partial charge in [0, 0.05) is 17.1 Å². The smallest absolute Gasteiger partial charge is 0.323 e. The summed E-state index contributed by atoms with van der Waals surface area (Å²) in [7, 11) is 0. The van der Waals surface area contributed by atoms with E-state index in [4.69, 9.17) is 10.8 Å². The largest absolute Gasteiger partial charge is 0.394 e. The number of carbonyl (C=O) groups is 1. The summed E-state index contributed by atoms with van der Waals surface area (Å²) in [4.78, 5) is 30.5. The predicted octanol–water partition coefficient (Wildman–Crippen LogP) is 3.46. The summed E-state index contributed by atoms with van der Waals surface area (Å²) in [6, 6.07) is 19.9. The van der Waals surface area contributed by atoms with Crippen molar-refractivity contribution in [2.75, 3.05) is 6.61 Å². The Kier molecular flexibility index (Phi) is 6.25. The van der Waals surface area contributed by atoms with Gasteiger partial charge in [0.15, 0.2) is 0 Å². The topological polar surface area (TPSA) is 141 Å². The molecule has 0 aliphatic heterocycles. The average molecular weight is 535 g/mol. The van der Waals surface area contributed by atoms with E-state index < -0.39 is 12.1 Å². The molecule has 0 fully saturated rings. The highest BCUT2D eigenvalue weighted by Gasteiger charge is 2.20. The normalized spacial score (nSPS) is 12.3. The third-order valence-electron chi connectivity index (χ3n) is 7.12. The Hall–Kier alpha value is -5.06. The van der Waals surface area contributed by atoms with Crippen LogP contribution in [0.4, 0.5) is 4.79 Å². The number of para-hydroxylation sites is 1. The molecule has 0 bridgehead atoms. The second kappa shape index (κ2) is 9.92. The molecule has 6 aromatic rings. The van der Waals surface area contributed by atoms with Crippen molar-refractivity contribution in [3.8, 4) is 28.1 Å². The van der Waals surface area contributed by atoms with Crippen LogP contribution in [0.25, 0.3) is 49.9 Å². The van der Waals surface area contributed by atoms with E-state index in [1.165, 1.54) is 9.25 Å². The standard InChI is InChI=1S/C30H26N6O4/c1-18-21(7-4-10-26(18)35-17-32-25-9-3-2-6-23(25)29(35)39)22-8-5-11-27-24(22)12-28(36(27)30(31)40)19-13-33-34(14-19)15-20(38)16-37/h2-14,17,20,37-38H,15-16H2,1H3,(H2,31,40)/t20-/m1/s1. The second-order valence-corrected chi connectivity index (χ2v) is 9.62. The van der Waals surface area contributed by atoms with Gasteiger partial charge in [-0.05, 0) is 53.9 Å². The van der Waals surface area contributed by atoms with Gasteiger partial charge < -0.3 is 15.9 Å². The predicted molar refractivity (Wildman–Crippen MR) is 152 cm³/mol. The van der Waals surface area contributed by atoms with E-state index in [9.17, 15) is 14.7 Å². The zero-order valence-electron chi connectivity index (χ0n) is 21.6. The number of benzene rings is 3. The van der Waals surface area contributed by atoms with Gasteiger partial charge in [0.05, 0.1) is 53.3 Å². The number of aliphatic hydroxyl groups is 2. The molecule has 0 aliphatic carbocycles. The highest BCUT2D eigenvalue weighted by atomic mass is 16.3. The minimum atomic E-state index is -0.957. The third-order valence-corrected chi connectivity index (χ3v) is 7.12. The van der Waals surface area contributed by atoms with E-state index in [1.54, 1.807) is 29.4 Å². The number of rotatable bonds is 6. The summed E-state index contributed by atoms with van der Waals surface area (Å²) in [6.45, 7) is 1.67. The minimum absolute atomic E-state index is 0.105. The van der Waals surface area contributed by atoms with Gasteiger partial charge in [-0.25, -0.2) is 9.78 Å². The van der Waals surface area contributed by atoms with Gasteiger partial charge in [0.2, 0.25) is 0 Å². The van der Waals surface area contributed by atoms with Gasteiger partial charge in [0.25, 0.3) is 5.56 Å². The molecule has 3 aromatic heterocycles. The van der Waals surface area contributed by atoms with E-state index >= 15 is 0 Å². The highest BCUT2D eigenvalue weighted by molar-refractivity contribution is 6.04. The maximum absolute atomic E-state index is 13.3. The van der Waals surface area contributed by atoms with Crippen molar-refractivity contribution in [3.05, 3.63) is 101 Å². The monoisotopic (exact) mass is 534 g/mol. The molecular formula is C30H26N6O4. The van der Waals surface area contributed by atoms with Crippen molar-refractivity contribution in [2.24, 2.45) is 5.73 Å². The molecule has 3 aromatic carbocycles. The third kappa shape index (κ3) is 4.15. The fourth-order valence-corrected chi connectivity index (χ4v) is 5.20. The molecule has 1 amide bonds. The van der Waals surface area contributed by atoms with E-state index in [0.29, 0.717) is 33.4 Å². The van der Waals surface area contributed by atoms with Crippen LogP contribution in [-0.2, 0) is 6.54 Å². The molecule has 1 atom stereocenters. The first-order valence-electron chi connectivity index (χ1n) is 12.7. The zero-order chi connectivity index (χ0) is 28.0. The summed E-state index contributed by atoms with van der Waals surface area (Å²) in [5.41, 5.74) is 11.4. The second-order valence-electron chi connectivity index (χ2n) is 9.62. The molecule has 0 unspecified atom stereocenters. The van der Waals surface area contributed by atoms with Crippen LogP contribution in [0.15, 0.2) is 90.2 Å². The molecule has 10 heteroatoms. The van der Waals surface area contributed by atoms with Gasteiger partial charge in [0.1, 0.15) is 6.33 Å². The van der Waals surface area contributed by atoms with Gasteiger partial charge >= 0.3 is 6.03 Å². The van der Waals surface area contributed by atoms with Crippen molar-refractivity contribution in [3.63, 3.8) is 0 Å². The number of fused-ring (bicyclic) bond motifs is 2. The molecule has 0 saturated heterocycles. The molecule has 40 heavy (non-hydrogen) atoms. The molecule has 0 aliphatic rings. The molecule has 200 valence electrons. The number of amides is 1. The lowest BCUT2D eigenvalue weighted by atomic mass is 9.96. The minimum Gasteiger partial charge on any atom is -0.394 e. The SMILES string of the molecule is Cc1c(-c2cccc3c2cc(-c2cnn(C[C@@H](O)CO)c2)n3C(N)=O)cccc1-n1cnc2ccccc2c1=O. The van der Waals surface area contributed by atoms with Crippen molar-refractivity contribution >= 4 is 27.8 Å². The van der Waals surface area contributed by atoms with Crippen LogP contribution >= 0.6 is 0 Å². The molecule has 10 nitrogen and oxygen atoms in total. The Morgan fingerprint density at radius 3 is 2.60 bits per heavy atom. The number of nitrogens with zero attached hydrogens (tertiary/aromatic N) is 5. The quantitative estimate of drug-likeness (QED) is 0.299. The van der Waals surface area contributed by atoms with Crippen LogP contribution in [-0.4, -0.2) is 52.9 Å². The number of aromatic nitrogens is 5. The van der Waals surface area contributed by atoms with Gasteiger partial charge in [-0.2, -0.15) is 5.10 Å². The van der Waals surface area contributed by atoms with Crippen molar-refractivity contribution in [1.29, 1.82) is 0 Å². The zero-order valence-corrected chi connectivity index (χ0v) is 21.6. The first kappa shape index (κ1) is 25.2. The lowest BCUT2D eigenvalue weighted by molar-refractivity contribution is 0.0783. The summed E-state index contributed by atoms with van der Waals surface area (Å²) in [6.07, 6.45) is 3.87. The van der Waals surface area contributed by atoms with E-state index in [2.05, 4.69) is 10.1 Å². The molecule has 0 spiro atoms. The first-order chi connectivity index (χ1) is 19.4. The van der Waals surface area contributed by atoms with Crippen molar-refractivity contribution < 1.29 is 15.0 Å². The van der Waals surface area contributed by atoms with Crippen molar-refractivity contribution in [2.45, 2.75) is 19.6 Å².